The van der Waals surface area contributed by atoms with Crippen molar-refractivity contribution in [2.45, 2.75) is 13.0 Å². The van der Waals surface area contributed by atoms with E-state index < -0.39 is 12.1 Å². The molecule has 0 fully saturated rings. The van der Waals surface area contributed by atoms with Crippen molar-refractivity contribution in [2.24, 2.45) is 0 Å². The van der Waals surface area contributed by atoms with Gasteiger partial charge in [0.25, 0.3) is 0 Å². The Morgan fingerprint density at radius 1 is 1.57 bits per heavy atom. The molecule has 0 aliphatic rings. The Balaban J connectivity index is 3.20. The van der Waals surface area contributed by atoms with Gasteiger partial charge >= 0.3 is 5.97 Å². The fraction of sp³-hybridized carbons (Fsp3) is 0.200. The second-order valence-electron chi connectivity index (χ2n) is 2.92. The summed E-state index contributed by atoms with van der Waals surface area (Å²) in [7, 11) is 0. The van der Waals surface area contributed by atoms with Gasteiger partial charge in [0, 0.05) is 0 Å². The van der Waals surface area contributed by atoms with Crippen molar-refractivity contribution in [1.82, 2.24) is 0 Å². The van der Waals surface area contributed by atoms with Gasteiger partial charge in [-0.15, -0.1) is 0 Å². The number of hydrogen-bond donors (Lipinski definition) is 2. The Bertz CT molecular complexity index is 406. The highest BCUT2D eigenvalue weighted by atomic mass is 16.4. The van der Waals surface area contributed by atoms with Gasteiger partial charge in [0.1, 0.15) is 0 Å². The molecule has 0 amide bonds. The van der Waals surface area contributed by atoms with Crippen LogP contribution in [0.25, 0.3) is 0 Å². The van der Waals surface area contributed by atoms with Gasteiger partial charge < -0.3 is 10.2 Å². The van der Waals surface area contributed by atoms with E-state index in [1.165, 1.54) is 6.07 Å². The van der Waals surface area contributed by atoms with Crippen LogP contribution in [0.5, 0.6) is 0 Å². The topological polar surface area (TPSA) is 81.3 Å². The summed E-state index contributed by atoms with van der Waals surface area (Å²) in [5.41, 5.74) is 1.25. The molecule has 0 aromatic heterocycles. The summed E-state index contributed by atoms with van der Waals surface area (Å²) < 4.78 is 0. The molecule has 0 heterocycles. The monoisotopic (exact) mass is 191 g/mol. The summed E-state index contributed by atoms with van der Waals surface area (Å²) in [6.07, 6.45) is -1.57. The van der Waals surface area contributed by atoms with Crippen LogP contribution >= 0.6 is 0 Å². The SMILES string of the molecule is Cc1ccc(C#N)cc1C(O)C(=O)O. The molecule has 0 saturated carbocycles. The number of carbonyl (C=O) groups is 1. The number of carboxylic acids is 1. The van der Waals surface area contributed by atoms with Crippen molar-refractivity contribution in [1.29, 1.82) is 5.26 Å². The number of aliphatic carboxylic acids is 1. The molecule has 4 nitrogen and oxygen atoms in total. The molecule has 1 atom stereocenters. The lowest BCUT2D eigenvalue weighted by Gasteiger charge is -2.09. The Hall–Kier alpha value is -1.86. The molecule has 4 heteroatoms. The minimum Gasteiger partial charge on any atom is -0.479 e. The average molecular weight is 191 g/mol. The van der Waals surface area contributed by atoms with Gasteiger partial charge in [-0.05, 0) is 30.2 Å². The molecule has 0 saturated heterocycles. The molecule has 0 spiro atoms. The summed E-state index contributed by atoms with van der Waals surface area (Å²) in [6, 6.07) is 6.46. The van der Waals surface area contributed by atoms with Crippen molar-refractivity contribution >= 4 is 5.97 Å². The number of rotatable bonds is 2. The predicted molar refractivity (Wildman–Crippen MR) is 48.5 cm³/mol. The van der Waals surface area contributed by atoms with Crippen LogP contribution in [0, 0.1) is 18.3 Å². The lowest BCUT2D eigenvalue weighted by atomic mass is 10.0. The first-order valence-corrected chi connectivity index (χ1v) is 3.97. The number of nitriles is 1. The van der Waals surface area contributed by atoms with E-state index in [1.807, 2.05) is 6.07 Å². The number of benzene rings is 1. The van der Waals surface area contributed by atoms with Crippen LogP contribution in [0.2, 0.25) is 0 Å². The molecular formula is C10H9NO3. The fourth-order valence-electron chi connectivity index (χ4n) is 1.14. The predicted octanol–water partition coefficient (Wildman–Crippen LogP) is 0.985. The normalized spacial score (nSPS) is 11.8. The summed E-state index contributed by atoms with van der Waals surface area (Å²) in [6.45, 7) is 1.68. The molecule has 1 aromatic rings. The zero-order valence-corrected chi connectivity index (χ0v) is 7.56. The third kappa shape index (κ3) is 1.90. The smallest absolute Gasteiger partial charge is 0.337 e. The second-order valence-corrected chi connectivity index (χ2v) is 2.92. The zero-order chi connectivity index (χ0) is 10.7. The van der Waals surface area contributed by atoms with Crippen molar-refractivity contribution in [2.75, 3.05) is 0 Å². The standard InChI is InChI=1S/C10H9NO3/c1-6-2-3-7(5-11)4-8(6)9(12)10(13)14/h2-4,9,12H,1H3,(H,13,14). The van der Waals surface area contributed by atoms with E-state index in [0.29, 0.717) is 11.1 Å². The van der Waals surface area contributed by atoms with Gasteiger partial charge in [0.15, 0.2) is 6.10 Å². The Morgan fingerprint density at radius 3 is 2.71 bits per heavy atom. The summed E-state index contributed by atoms with van der Waals surface area (Å²) in [5, 5.41) is 26.5. The molecule has 0 aliphatic carbocycles. The maximum absolute atomic E-state index is 10.5. The number of aliphatic hydroxyl groups excluding tert-OH is 1. The lowest BCUT2D eigenvalue weighted by molar-refractivity contribution is -0.147. The largest absolute Gasteiger partial charge is 0.479 e. The highest BCUT2D eigenvalue weighted by Crippen LogP contribution is 2.19. The van der Waals surface area contributed by atoms with Crippen molar-refractivity contribution in [3.8, 4) is 6.07 Å². The van der Waals surface area contributed by atoms with E-state index in [9.17, 15) is 9.90 Å². The van der Waals surface area contributed by atoms with Gasteiger partial charge in [-0.2, -0.15) is 5.26 Å². The summed E-state index contributed by atoms with van der Waals surface area (Å²) >= 11 is 0. The molecule has 72 valence electrons. The molecule has 1 rings (SSSR count). The minimum atomic E-state index is -1.57. The van der Waals surface area contributed by atoms with Gasteiger partial charge in [-0.1, -0.05) is 6.07 Å². The van der Waals surface area contributed by atoms with Crippen molar-refractivity contribution < 1.29 is 15.0 Å². The van der Waals surface area contributed by atoms with Crippen molar-refractivity contribution in [3.05, 3.63) is 34.9 Å². The molecule has 1 unspecified atom stereocenters. The maximum atomic E-state index is 10.5. The molecule has 0 aliphatic heterocycles. The van der Waals surface area contributed by atoms with Crippen molar-refractivity contribution in [3.63, 3.8) is 0 Å². The van der Waals surface area contributed by atoms with Gasteiger partial charge in [0.2, 0.25) is 0 Å². The first-order valence-electron chi connectivity index (χ1n) is 3.97. The molecule has 2 N–H and O–H groups in total. The number of aliphatic hydroxyl groups is 1. The summed E-state index contributed by atoms with van der Waals surface area (Å²) in [4.78, 5) is 10.5. The summed E-state index contributed by atoms with van der Waals surface area (Å²) in [5.74, 6) is -1.32. The Kier molecular flexibility index (Phi) is 2.85. The van der Waals surface area contributed by atoms with Crippen LogP contribution in [0.3, 0.4) is 0 Å². The molecule has 0 bridgehead atoms. The number of carboxylic acid groups (broad SMARTS) is 1. The zero-order valence-electron chi connectivity index (χ0n) is 7.56. The molecule has 0 radical (unpaired) electrons. The van der Waals surface area contributed by atoms with Crippen LogP contribution in [0.15, 0.2) is 18.2 Å². The third-order valence-electron chi connectivity index (χ3n) is 1.94. The Labute approximate surface area is 81.0 Å². The van der Waals surface area contributed by atoms with E-state index in [1.54, 1.807) is 19.1 Å². The van der Waals surface area contributed by atoms with Crippen LogP contribution in [0.1, 0.15) is 22.8 Å². The average Bonchev–Trinajstić information content (AvgIpc) is 2.17. The van der Waals surface area contributed by atoms with Crippen LogP contribution in [-0.2, 0) is 4.79 Å². The highest BCUT2D eigenvalue weighted by molar-refractivity contribution is 5.74. The Morgan fingerprint density at radius 2 is 2.21 bits per heavy atom. The number of nitrogens with zero attached hydrogens (tertiary/aromatic N) is 1. The van der Waals surface area contributed by atoms with Crippen LogP contribution < -0.4 is 0 Å². The molecule has 14 heavy (non-hydrogen) atoms. The lowest BCUT2D eigenvalue weighted by Crippen LogP contribution is -2.11. The molecular weight excluding hydrogens is 182 g/mol. The first kappa shape index (κ1) is 10.2. The quantitative estimate of drug-likeness (QED) is 0.730. The highest BCUT2D eigenvalue weighted by Gasteiger charge is 2.18. The fourth-order valence-corrected chi connectivity index (χ4v) is 1.14. The third-order valence-corrected chi connectivity index (χ3v) is 1.94. The molecule has 1 aromatic carbocycles. The maximum Gasteiger partial charge on any atom is 0.337 e. The van der Waals surface area contributed by atoms with Crippen LogP contribution in [0.4, 0.5) is 0 Å². The second kappa shape index (κ2) is 3.90. The van der Waals surface area contributed by atoms with Gasteiger partial charge in [-0.3, -0.25) is 0 Å². The van der Waals surface area contributed by atoms with E-state index in [0.717, 1.165) is 0 Å². The van der Waals surface area contributed by atoms with E-state index >= 15 is 0 Å². The van der Waals surface area contributed by atoms with E-state index in [-0.39, 0.29) is 5.56 Å². The van der Waals surface area contributed by atoms with E-state index in [4.69, 9.17) is 10.4 Å². The number of aryl methyl sites for hydroxylation is 1. The minimum absolute atomic E-state index is 0.261. The first-order chi connectivity index (χ1) is 6.56. The van der Waals surface area contributed by atoms with E-state index in [2.05, 4.69) is 0 Å². The van der Waals surface area contributed by atoms with Crippen LogP contribution in [-0.4, -0.2) is 16.2 Å². The van der Waals surface area contributed by atoms with Gasteiger partial charge in [-0.25, -0.2) is 4.79 Å². The number of hydrogen-bond acceptors (Lipinski definition) is 3. The van der Waals surface area contributed by atoms with Gasteiger partial charge in [0.05, 0.1) is 11.6 Å².